The number of hydrogen-bond donors (Lipinski definition) is 3. The number of hydrogen-bond acceptors (Lipinski definition) is 7. The third-order valence-electron chi connectivity index (χ3n) is 5.76. The topological polar surface area (TPSA) is 142 Å². The van der Waals surface area contributed by atoms with E-state index in [9.17, 15) is 24.6 Å². The molecule has 0 fully saturated rings. The van der Waals surface area contributed by atoms with Crippen molar-refractivity contribution in [2.45, 2.75) is 25.5 Å². The number of ether oxygens (including phenoxy) is 1. The maximum Gasteiger partial charge on any atom is 0.347 e. The summed E-state index contributed by atoms with van der Waals surface area (Å²) in [5.41, 5.74) is 0.757. The van der Waals surface area contributed by atoms with Crippen LogP contribution in [0.2, 0.25) is 0 Å². The summed E-state index contributed by atoms with van der Waals surface area (Å²) in [4.78, 5) is 47.0. The number of nitrogens with one attached hydrogen (secondary N) is 1. The van der Waals surface area contributed by atoms with Crippen LogP contribution in [0.15, 0.2) is 60.7 Å². The molecule has 2 atom stereocenters. The second-order valence-electron chi connectivity index (χ2n) is 8.19. The normalized spacial score (nSPS) is 18.3. The van der Waals surface area contributed by atoms with Crippen molar-refractivity contribution in [1.29, 1.82) is 0 Å². The Labute approximate surface area is 201 Å². The van der Waals surface area contributed by atoms with Gasteiger partial charge in [-0.25, -0.2) is 14.8 Å². The summed E-state index contributed by atoms with van der Waals surface area (Å²) >= 11 is 0. The second-order valence-corrected chi connectivity index (χ2v) is 8.19. The number of anilines is 1. The zero-order valence-corrected chi connectivity index (χ0v) is 19.1. The minimum Gasteiger partial charge on any atom is -0.480 e. The summed E-state index contributed by atoms with van der Waals surface area (Å²) < 4.78 is 5.97. The number of carbonyl (C=O) groups excluding carboxylic acids is 1. The zero-order chi connectivity index (χ0) is 25.2. The lowest BCUT2D eigenvalue weighted by Gasteiger charge is -2.39. The average Bonchev–Trinajstić information content (AvgIpc) is 2.93. The summed E-state index contributed by atoms with van der Waals surface area (Å²) in [7, 11) is 0. The molecule has 0 radical (unpaired) electrons. The monoisotopic (exact) mass is 476 g/mol. The third-order valence-corrected chi connectivity index (χ3v) is 5.76. The minimum atomic E-state index is -1.62. The Morgan fingerprint density at radius 1 is 1.06 bits per heavy atom. The molecule has 10 heteroatoms. The molecule has 1 aliphatic rings. The molecule has 3 aromatic rings. The molecule has 2 aromatic carbocycles. The van der Waals surface area contributed by atoms with Crippen LogP contribution in [-0.4, -0.2) is 57.2 Å². The average molecular weight is 476 g/mol. The molecule has 0 saturated carbocycles. The molecule has 1 aliphatic heterocycles. The molecule has 3 N–H and O–H groups in total. The SMILES string of the molecule is Cc1cc(C)nc(OC(C(=O)O)C2(c3ccccc3)NCC(=O)N(CC(=O)O)c3ccccc32)n1. The van der Waals surface area contributed by atoms with Crippen molar-refractivity contribution in [2.75, 3.05) is 18.0 Å². The van der Waals surface area contributed by atoms with Crippen LogP contribution >= 0.6 is 0 Å². The van der Waals surface area contributed by atoms with Gasteiger partial charge in [0.1, 0.15) is 12.1 Å². The van der Waals surface area contributed by atoms with Crippen LogP contribution in [0.4, 0.5) is 5.69 Å². The highest BCUT2D eigenvalue weighted by Gasteiger charge is 2.52. The molecule has 0 saturated heterocycles. The quantitative estimate of drug-likeness (QED) is 0.466. The van der Waals surface area contributed by atoms with E-state index in [1.54, 1.807) is 74.5 Å². The maximum atomic E-state index is 13.1. The standard InChI is InChI=1S/C25H24N4O6/c1-15-12-16(2)28-24(27-15)35-22(23(33)34)25(17-8-4-3-5-9-17)18-10-6-7-11-19(18)29(14-21(31)32)20(30)13-26-25/h3-12,22,26H,13-14H2,1-2H3,(H,31,32)(H,33,34). The number of carbonyl (C=O) groups is 3. The Morgan fingerprint density at radius 2 is 1.69 bits per heavy atom. The van der Waals surface area contributed by atoms with Crippen molar-refractivity contribution >= 4 is 23.5 Å². The van der Waals surface area contributed by atoms with Crippen molar-refractivity contribution in [3.63, 3.8) is 0 Å². The number of benzene rings is 2. The largest absolute Gasteiger partial charge is 0.480 e. The molecule has 2 heterocycles. The predicted molar refractivity (Wildman–Crippen MR) is 125 cm³/mol. The highest BCUT2D eigenvalue weighted by atomic mass is 16.5. The molecule has 1 amide bonds. The summed E-state index contributed by atoms with van der Waals surface area (Å²) in [5.74, 6) is -3.04. The van der Waals surface area contributed by atoms with Gasteiger partial charge in [-0.15, -0.1) is 0 Å². The molecule has 0 spiro atoms. The van der Waals surface area contributed by atoms with Gasteiger partial charge in [-0.1, -0.05) is 48.5 Å². The van der Waals surface area contributed by atoms with E-state index < -0.39 is 36.0 Å². The van der Waals surface area contributed by atoms with Gasteiger partial charge in [-0.05, 0) is 31.5 Å². The van der Waals surface area contributed by atoms with Gasteiger partial charge in [0.2, 0.25) is 12.0 Å². The van der Waals surface area contributed by atoms with Crippen molar-refractivity contribution in [3.05, 3.63) is 83.2 Å². The number of aliphatic carboxylic acids is 2. The summed E-state index contributed by atoms with van der Waals surface area (Å²) in [5, 5.41) is 23.0. The van der Waals surface area contributed by atoms with Gasteiger partial charge in [-0.3, -0.25) is 19.8 Å². The molecule has 10 nitrogen and oxygen atoms in total. The van der Waals surface area contributed by atoms with Crippen LogP contribution in [0.3, 0.4) is 0 Å². The van der Waals surface area contributed by atoms with Crippen LogP contribution in [0, 0.1) is 13.8 Å². The van der Waals surface area contributed by atoms with E-state index in [4.69, 9.17) is 4.74 Å². The van der Waals surface area contributed by atoms with E-state index in [0.29, 0.717) is 22.5 Å². The first-order valence-electron chi connectivity index (χ1n) is 10.9. The maximum absolute atomic E-state index is 13.1. The number of carboxylic acids is 2. The molecule has 35 heavy (non-hydrogen) atoms. The summed E-state index contributed by atoms with van der Waals surface area (Å²) in [6.07, 6.45) is -1.62. The lowest BCUT2D eigenvalue weighted by atomic mass is 9.77. The van der Waals surface area contributed by atoms with Crippen LogP contribution in [0.25, 0.3) is 0 Å². The van der Waals surface area contributed by atoms with Crippen LogP contribution in [0.5, 0.6) is 6.01 Å². The van der Waals surface area contributed by atoms with Crippen LogP contribution in [0.1, 0.15) is 22.5 Å². The first kappa shape index (κ1) is 23.8. The van der Waals surface area contributed by atoms with E-state index in [2.05, 4.69) is 15.3 Å². The molecule has 1 aromatic heterocycles. The number of carboxylic acid groups (broad SMARTS) is 2. The number of fused-ring (bicyclic) bond motifs is 1. The molecule has 0 bridgehead atoms. The van der Waals surface area contributed by atoms with Crippen LogP contribution in [-0.2, 0) is 19.9 Å². The number of para-hydroxylation sites is 1. The summed E-state index contributed by atoms with van der Waals surface area (Å²) in [6.45, 7) is 2.57. The Morgan fingerprint density at radius 3 is 2.31 bits per heavy atom. The number of rotatable bonds is 7. The molecule has 4 rings (SSSR count). The Hall–Kier alpha value is -4.31. The first-order valence-corrected chi connectivity index (χ1v) is 10.9. The van der Waals surface area contributed by atoms with Gasteiger partial charge >= 0.3 is 17.9 Å². The Balaban J connectivity index is 1.99. The van der Waals surface area contributed by atoms with E-state index in [0.717, 1.165) is 4.90 Å². The van der Waals surface area contributed by atoms with Crippen molar-refractivity contribution in [1.82, 2.24) is 15.3 Å². The van der Waals surface area contributed by atoms with Gasteiger partial charge in [-0.2, -0.15) is 0 Å². The smallest absolute Gasteiger partial charge is 0.347 e. The third kappa shape index (κ3) is 4.56. The zero-order valence-electron chi connectivity index (χ0n) is 19.1. The number of amides is 1. The van der Waals surface area contributed by atoms with E-state index in [-0.39, 0.29) is 18.2 Å². The molecule has 0 aliphatic carbocycles. The minimum absolute atomic E-state index is 0.123. The molecular formula is C25H24N4O6. The number of aromatic nitrogens is 2. The molecular weight excluding hydrogens is 452 g/mol. The Kier molecular flexibility index (Phi) is 6.48. The summed E-state index contributed by atoms with van der Waals surface area (Å²) in [6, 6.07) is 16.9. The van der Waals surface area contributed by atoms with Gasteiger partial charge in [0, 0.05) is 22.6 Å². The fourth-order valence-electron chi connectivity index (χ4n) is 4.41. The second kappa shape index (κ2) is 9.51. The van der Waals surface area contributed by atoms with Crippen molar-refractivity contribution in [3.8, 4) is 6.01 Å². The van der Waals surface area contributed by atoms with Crippen LogP contribution < -0.4 is 15.0 Å². The van der Waals surface area contributed by atoms with Crippen molar-refractivity contribution in [2.24, 2.45) is 0 Å². The fraction of sp³-hybridized carbons (Fsp3) is 0.240. The van der Waals surface area contributed by atoms with Gasteiger partial charge < -0.3 is 14.9 Å². The van der Waals surface area contributed by atoms with Gasteiger partial charge in [0.05, 0.1) is 6.54 Å². The fourth-order valence-corrected chi connectivity index (χ4v) is 4.41. The highest BCUT2D eigenvalue weighted by Crippen LogP contribution is 2.42. The van der Waals surface area contributed by atoms with Crippen molar-refractivity contribution < 1.29 is 29.3 Å². The van der Waals surface area contributed by atoms with E-state index in [1.807, 2.05) is 0 Å². The molecule has 180 valence electrons. The Bertz CT molecular complexity index is 1260. The molecule has 2 unspecified atom stereocenters. The van der Waals surface area contributed by atoms with E-state index >= 15 is 0 Å². The highest BCUT2D eigenvalue weighted by molar-refractivity contribution is 6.00. The van der Waals surface area contributed by atoms with Gasteiger partial charge in [0.25, 0.3) is 0 Å². The van der Waals surface area contributed by atoms with E-state index in [1.165, 1.54) is 0 Å². The number of aryl methyl sites for hydroxylation is 2. The first-order chi connectivity index (χ1) is 16.7. The lowest BCUT2D eigenvalue weighted by molar-refractivity contribution is -0.149. The number of nitrogens with zero attached hydrogens (tertiary/aromatic N) is 3. The lowest BCUT2D eigenvalue weighted by Crippen LogP contribution is -2.58. The van der Waals surface area contributed by atoms with Gasteiger partial charge in [0.15, 0.2) is 0 Å². The predicted octanol–water partition coefficient (Wildman–Crippen LogP) is 1.89.